The third kappa shape index (κ3) is 6.40. The molecule has 0 aromatic heterocycles. The Balaban J connectivity index is 4.15. The molecule has 0 aromatic carbocycles. The molecule has 0 spiro atoms. The van der Waals surface area contributed by atoms with Crippen LogP contribution in [-0.2, 0) is 9.59 Å². The van der Waals surface area contributed by atoms with Gasteiger partial charge in [0.25, 0.3) is 0 Å². The molecule has 0 bridgehead atoms. The Labute approximate surface area is 96.9 Å². The van der Waals surface area contributed by atoms with E-state index in [9.17, 15) is 9.59 Å². The van der Waals surface area contributed by atoms with Crippen LogP contribution in [0.2, 0.25) is 0 Å². The van der Waals surface area contributed by atoms with Gasteiger partial charge in [0.05, 0.1) is 0 Å². The smallest absolute Gasteiger partial charge is 0.223 e. The van der Waals surface area contributed by atoms with Crippen LogP contribution < -0.4 is 16.8 Å². The predicted octanol–water partition coefficient (Wildman–Crippen LogP) is 0.132. The maximum Gasteiger partial charge on any atom is 0.223 e. The van der Waals surface area contributed by atoms with Crippen LogP contribution in [0.4, 0.5) is 0 Å². The second-order valence-corrected chi connectivity index (χ2v) is 4.85. The molecule has 1 unspecified atom stereocenters. The average Bonchev–Trinajstić information content (AvgIpc) is 2.10. The highest BCUT2D eigenvalue weighted by molar-refractivity contribution is 5.81. The summed E-state index contributed by atoms with van der Waals surface area (Å²) in [7, 11) is 0. The van der Waals surface area contributed by atoms with Gasteiger partial charge in [0.15, 0.2) is 0 Å². The molecular weight excluding hydrogens is 206 g/mol. The fourth-order valence-corrected chi connectivity index (χ4v) is 1.49. The molecule has 94 valence electrons. The topological polar surface area (TPSA) is 98.2 Å². The Morgan fingerprint density at radius 1 is 1.38 bits per heavy atom. The lowest BCUT2D eigenvalue weighted by atomic mass is 9.97. The third-order valence-electron chi connectivity index (χ3n) is 2.37. The van der Waals surface area contributed by atoms with Crippen molar-refractivity contribution in [2.75, 3.05) is 6.54 Å². The Morgan fingerprint density at radius 2 is 1.94 bits per heavy atom. The lowest BCUT2D eigenvalue weighted by molar-refractivity contribution is -0.127. The van der Waals surface area contributed by atoms with E-state index in [1.54, 1.807) is 13.8 Å². The molecule has 0 saturated carbocycles. The molecule has 0 aliphatic heterocycles. The van der Waals surface area contributed by atoms with Crippen molar-refractivity contribution in [1.29, 1.82) is 0 Å². The van der Waals surface area contributed by atoms with Crippen LogP contribution in [0.3, 0.4) is 0 Å². The minimum Gasteiger partial charge on any atom is -0.370 e. The van der Waals surface area contributed by atoms with E-state index in [-0.39, 0.29) is 18.2 Å². The largest absolute Gasteiger partial charge is 0.370 e. The van der Waals surface area contributed by atoms with Gasteiger partial charge in [0, 0.05) is 17.9 Å². The summed E-state index contributed by atoms with van der Waals surface area (Å²) in [5.41, 5.74) is 9.90. The number of primary amides is 1. The first kappa shape index (κ1) is 14.9. The summed E-state index contributed by atoms with van der Waals surface area (Å²) >= 11 is 0. The van der Waals surface area contributed by atoms with E-state index < -0.39 is 11.4 Å². The molecule has 5 N–H and O–H groups in total. The Morgan fingerprint density at radius 3 is 2.38 bits per heavy atom. The van der Waals surface area contributed by atoms with Crippen molar-refractivity contribution < 1.29 is 9.59 Å². The van der Waals surface area contributed by atoms with Gasteiger partial charge in [-0.2, -0.15) is 0 Å². The summed E-state index contributed by atoms with van der Waals surface area (Å²) in [6.07, 6.45) is 1.72. The molecule has 0 rings (SSSR count). The van der Waals surface area contributed by atoms with Crippen molar-refractivity contribution in [3.63, 3.8) is 0 Å². The van der Waals surface area contributed by atoms with Gasteiger partial charge in [-0.15, -0.1) is 0 Å². The molecule has 0 aromatic rings. The highest BCUT2D eigenvalue weighted by atomic mass is 16.2. The standard InChI is InChI=1S/C11H23N3O2/c1-8(5-4-6-12)10(16)14-11(2,3)7-9(13)15/h8H,4-7,12H2,1-3H3,(H2,13,15)(H,14,16). The minimum absolute atomic E-state index is 0.0558. The summed E-state index contributed by atoms with van der Waals surface area (Å²) in [5, 5.41) is 2.82. The van der Waals surface area contributed by atoms with Gasteiger partial charge in [0.2, 0.25) is 11.8 Å². The first-order valence-electron chi connectivity index (χ1n) is 5.59. The molecular formula is C11H23N3O2. The molecule has 0 aliphatic rings. The first-order chi connectivity index (χ1) is 7.28. The zero-order chi connectivity index (χ0) is 12.8. The molecule has 1 atom stereocenters. The van der Waals surface area contributed by atoms with Crippen molar-refractivity contribution in [1.82, 2.24) is 5.32 Å². The average molecular weight is 229 g/mol. The molecule has 2 amide bonds. The summed E-state index contributed by atoms with van der Waals surface area (Å²) in [6.45, 7) is 6.00. The van der Waals surface area contributed by atoms with E-state index in [4.69, 9.17) is 11.5 Å². The van der Waals surface area contributed by atoms with Crippen LogP contribution in [0.15, 0.2) is 0 Å². The Kier molecular flexibility index (Phi) is 6.03. The number of carbonyl (C=O) groups is 2. The number of nitrogens with two attached hydrogens (primary N) is 2. The summed E-state index contributed by atoms with van der Waals surface area (Å²) in [6, 6.07) is 0. The van der Waals surface area contributed by atoms with Gasteiger partial charge in [-0.25, -0.2) is 0 Å². The maximum atomic E-state index is 11.7. The normalized spacial score (nSPS) is 13.2. The van der Waals surface area contributed by atoms with E-state index in [1.807, 2.05) is 6.92 Å². The summed E-state index contributed by atoms with van der Waals surface area (Å²) in [4.78, 5) is 22.5. The quantitative estimate of drug-likeness (QED) is 0.578. The van der Waals surface area contributed by atoms with Crippen LogP contribution in [0.5, 0.6) is 0 Å². The van der Waals surface area contributed by atoms with Crippen LogP contribution in [-0.4, -0.2) is 23.9 Å². The first-order valence-corrected chi connectivity index (χ1v) is 5.59. The lowest BCUT2D eigenvalue weighted by Gasteiger charge is -2.26. The minimum atomic E-state index is -0.583. The maximum absolute atomic E-state index is 11.7. The SMILES string of the molecule is CC(CCCN)C(=O)NC(C)(C)CC(N)=O. The third-order valence-corrected chi connectivity index (χ3v) is 2.37. The van der Waals surface area contributed by atoms with Gasteiger partial charge in [-0.05, 0) is 33.2 Å². The Hall–Kier alpha value is -1.10. The predicted molar refractivity (Wildman–Crippen MR) is 63.5 cm³/mol. The molecule has 5 nitrogen and oxygen atoms in total. The molecule has 0 radical (unpaired) electrons. The fourth-order valence-electron chi connectivity index (χ4n) is 1.49. The van der Waals surface area contributed by atoms with Gasteiger partial charge in [-0.3, -0.25) is 9.59 Å². The van der Waals surface area contributed by atoms with Crippen LogP contribution >= 0.6 is 0 Å². The number of carbonyl (C=O) groups excluding carboxylic acids is 2. The number of amides is 2. The van der Waals surface area contributed by atoms with Crippen LogP contribution in [0.1, 0.15) is 40.0 Å². The second-order valence-electron chi connectivity index (χ2n) is 4.85. The van der Waals surface area contributed by atoms with Gasteiger partial charge in [-0.1, -0.05) is 6.92 Å². The van der Waals surface area contributed by atoms with E-state index in [0.717, 1.165) is 12.8 Å². The van der Waals surface area contributed by atoms with Crippen molar-refractivity contribution in [3.8, 4) is 0 Å². The van der Waals surface area contributed by atoms with Crippen molar-refractivity contribution in [2.24, 2.45) is 17.4 Å². The molecule has 0 saturated heterocycles. The van der Waals surface area contributed by atoms with Crippen molar-refractivity contribution >= 4 is 11.8 Å². The monoisotopic (exact) mass is 229 g/mol. The highest BCUT2D eigenvalue weighted by Gasteiger charge is 2.24. The summed E-state index contributed by atoms with van der Waals surface area (Å²) < 4.78 is 0. The number of hydrogen-bond donors (Lipinski definition) is 3. The molecule has 5 heteroatoms. The van der Waals surface area contributed by atoms with Gasteiger partial charge < -0.3 is 16.8 Å². The summed E-state index contributed by atoms with van der Waals surface area (Å²) in [5.74, 6) is -0.560. The Bertz CT molecular complexity index is 252. The second kappa shape index (κ2) is 6.48. The molecule has 0 aliphatic carbocycles. The van der Waals surface area contributed by atoms with Gasteiger partial charge >= 0.3 is 0 Å². The van der Waals surface area contributed by atoms with E-state index in [0.29, 0.717) is 6.54 Å². The van der Waals surface area contributed by atoms with Crippen molar-refractivity contribution in [3.05, 3.63) is 0 Å². The number of rotatable bonds is 7. The number of hydrogen-bond acceptors (Lipinski definition) is 3. The zero-order valence-corrected chi connectivity index (χ0v) is 10.4. The lowest BCUT2D eigenvalue weighted by Crippen LogP contribution is -2.47. The number of nitrogens with one attached hydrogen (secondary N) is 1. The molecule has 0 fully saturated rings. The fraction of sp³-hybridized carbons (Fsp3) is 0.818. The highest BCUT2D eigenvalue weighted by Crippen LogP contribution is 2.11. The molecule has 0 heterocycles. The van der Waals surface area contributed by atoms with Gasteiger partial charge in [0.1, 0.15) is 0 Å². The van der Waals surface area contributed by atoms with E-state index >= 15 is 0 Å². The van der Waals surface area contributed by atoms with E-state index in [1.165, 1.54) is 0 Å². The van der Waals surface area contributed by atoms with E-state index in [2.05, 4.69) is 5.32 Å². The zero-order valence-electron chi connectivity index (χ0n) is 10.4. The van der Waals surface area contributed by atoms with Crippen molar-refractivity contribution in [2.45, 2.75) is 45.6 Å². The van der Waals surface area contributed by atoms with Crippen LogP contribution in [0.25, 0.3) is 0 Å². The van der Waals surface area contributed by atoms with Crippen LogP contribution in [0, 0.1) is 5.92 Å². The molecule has 16 heavy (non-hydrogen) atoms.